The molecule has 1 aromatic carbocycles. The Balaban J connectivity index is 1.69. The van der Waals surface area contributed by atoms with Gasteiger partial charge in [0, 0.05) is 34.0 Å². The summed E-state index contributed by atoms with van der Waals surface area (Å²) >= 11 is 3.26. The molecule has 2 heterocycles. The molecule has 0 aliphatic heterocycles. The van der Waals surface area contributed by atoms with Crippen LogP contribution in [0, 0.1) is 17.0 Å². The van der Waals surface area contributed by atoms with Crippen LogP contribution >= 0.6 is 22.7 Å². The number of nitro benzene ring substituents is 1. The number of nitro groups is 1. The fourth-order valence-corrected chi connectivity index (χ4v) is 3.66. The van der Waals surface area contributed by atoms with E-state index in [-0.39, 0.29) is 10.6 Å². The number of aromatic nitrogens is 1. The van der Waals surface area contributed by atoms with E-state index in [1.165, 1.54) is 16.2 Å². The fourth-order valence-electron chi connectivity index (χ4n) is 2.20. The molecule has 7 heteroatoms. The third-order valence-corrected chi connectivity index (χ3v) is 5.17. The first kappa shape index (κ1) is 15.6. The minimum absolute atomic E-state index is 0.128. The van der Waals surface area contributed by atoms with E-state index in [4.69, 9.17) is 0 Å². The second kappa shape index (κ2) is 6.89. The zero-order valence-corrected chi connectivity index (χ0v) is 14.1. The molecule has 2 aromatic heterocycles. The maximum Gasteiger partial charge on any atom is 0.272 e. The molecule has 0 saturated carbocycles. The molecule has 0 aliphatic rings. The van der Waals surface area contributed by atoms with Gasteiger partial charge in [0.15, 0.2) is 5.13 Å². The van der Waals surface area contributed by atoms with Crippen LogP contribution in [0.25, 0.3) is 11.3 Å². The molecule has 3 aromatic rings. The molecule has 0 fully saturated rings. The van der Waals surface area contributed by atoms with E-state index in [0.29, 0.717) is 5.56 Å². The normalized spacial score (nSPS) is 10.7. The molecule has 0 radical (unpaired) electrons. The number of hydrogen-bond donors (Lipinski definition) is 1. The van der Waals surface area contributed by atoms with E-state index in [0.717, 1.165) is 29.4 Å². The quantitative estimate of drug-likeness (QED) is 0.517. The molecule has 118 valence electrons. The van der Waals surface area contributed by atoms with Gasteiger partial charge in [-0.15, -0.1) is 22.7 Å². The average Bonchev–Trinajstić information content (AvgIpc) is 3.19. The van der Waals surface area contributed by atoms with Crippen LogP contribution in [0.3, 0.4) is 0 Å². The monoisotopic (exact) mass is 345 g/mol. The Hall–Kier alpha value is -2.25. The predicted octanol–water partition coefficient (Wildman–Crippen LogP) is 4.74. The van der Waals surface area contributed by atoms with Crippen molar-refractivity contribution in [3.8, 4) is 11.3 Å². The topological polar surface area (TPSA) is 68.1 Å². The highest BCUT2D eigenvalue weighted by molar-refractivity contribution is 7.14. The van der Waals surface area contributed by atoms with Crippen molar-refractivity contribution < 1.29 is 4.92 Å². The molecule has 0 bridgehead atoms. The summed E-state index contributed by atoms with van der Waals surface area (Å²) in [5.74, 6) is 0. The van der Waals surface area contributed by atoms with Gasteiger partial charge >= 0.3 is 0 Å². The van der Waals surface area contributed by atoms with Crippen LogP contribution in [0.5, 0.6) is 0 Å². The van der Waals surface area contributed by atoms with E-state index in [2.05, 4.69) is 21.7 Å². The molecule has 0 saturated heterocycles. The summed E-state index contributed by atoms with van der Waals surface area (Å²) in [7, 11) is 0. The van der Waals surface area contributed by atoms with Crippen LogP contribution in [0.2, 0.25) is 0 Å². The van der Waals surface area contributed by atoms with E-state index >= 15 is 0 Å². The van der Waals surface area contributed by atoms with Gasteiger partial charge in [0.1, 0.15) is 0 Å². The number of rotatable bonds is 6. The molecule has 0 unspecified atom stereocenters. The van der Waals surface area contributed by atoms with Crippen molar-refractivity contribution in [1.82, 2.24) is 4.98 Å². The lowest BCUT2D eigenvalue weighted by Crippen LogP contribution is -2.03. The summed E-state index contributed by atoms with van der Waals surface area (Å²) in [6.45, 7) is 2.56. The molecule has 0 amide bonds. The number of hydrogen-bond acceptors (Lipinski definition) is 6. The van der Waals surface area contributed by atoms with Gasteiger partial charge in [-0.1, -0.05) is 18.2 Å². The molecular weight excluding hydrogens is 330 g/mol. The second-order valence-corrected chi connectivity index (χ2v) is 6.94. The lowest BCUT2D eigenvalue weighted by molar-refractivity contribution is -0.385. The number of anilines is 1. The SMILES string of the molecule is Cc1ccc(-c2csc(NCCc3cccs3)n2)cc1[N+](=O)[O-]. The Morgan fingerprint density at radius 3 is 2.91 bits per heavy atom. The van der Waals surface area contributed by atoms with Crippen molar-refractivity contribution in [2.75, 3.05) is 11.9 Å². The van der Waals surface area contributed by atoms with Gasteiger partial charge in [-0.05, 0) is 24.8 Å². The maximum atomic E-state index is 11.0. The number of nitrogens with zero attached hydrogens (tertiary/aromatic N) is 2. The summed E-state index contributed by atoms with van der Waals surface area (Å²) in [5.41, 5.74) is 2.31. The highest BCUT2D eigenvalue weighted by Gasteiger charge is 2.13. The van der Waals surface area contributed by atoms with Gasteiger partial charge in [-0.2, -0.15) is 0 Å². The Bertz CT molecular complexity index is 813. The van der Waals surface area contributed by atoms with Crippen LogP contribution in [0.1, 0.15) is 10.4 Å². The first-order valence-electron chi connectivity index (χ1n) is 7.10. The van der Waals surface area contributed by atoms with Crippen LogP contribution in [0.15, 0.2) is 41.1 Å². The van der Waals surface area contributed by atoms with Gasteiger partial charge in [0.25, 0.3) is 5.69 Å². The predicted molar refractivity (Wildman–Crippen MR) is 95.5 cm³/mol. The zero-order chi connectivity index (χ0) is 16.2. The minimum atomic E-state index is -0.356. The molecule has 0 atom stereocenters. The molecule has 0 spiro atoms. The fraction of sp³-hybridized carbons (Fsp3) is 0.188. The number of thiophene rings is 1. The van der Waals surface area contributed by atoms with E-state index < -0.39 is 0 Å². The lowest BCUT2D eigenvalue weighted by Gasteiger charge is -2.01. The van der Waals surface area contributed by atoms with Crippen molar-refractivity contribution >= 4 is 33.5 Å². The van der Waals surface area contributed by atoms with Crippen molar-refractivity contribution in [1.29, 1.82) is 0 Å². The molecule has 23 heavy (non-hydrogen) atoms. The smallest absolute Gasteiger partial charge is 0.272 e. The van der Waals surface area contributed by atoms with Crippen molar-refractivity contribution in [3.63, 3.8) is 0 Å². The number of nitrogens with one attached hydrogen (secondary N) is 1. The first-order chi connectivity index (χ1) is 11.1. The summed E-state index contributed by atoms with van der Waals surface area (Å²) in [5, 5.41) is 19.2. The van der Waals surface area contributed by atoms with E-state index in [1.54, 1.807) is 30.4 Å². The molecular formula is C16H15N3O2S2. The molecule has 5 nitrogen and oxygen atoms in total. The zero-order valence-electron chi connectivity index (χ0n) is 12.5. The van der Waals surface area contributed by atoms with Gasteiger partial charge < -0.3 is 5.32 Å². The Morgan fingerprint density at radius 1 is 1.30 bits per heavy atom. The molecule has 1 N–H and O–H groups in total. The van der Waals surface area contributed by atoms with Crippen molar-refractivity contribution in [2.45, 2.75) is 13.3 Å². The molecule has 3 rings (SSSR count). The highest BCUT2D eigenvalue weighted by Crippen LogP contribution is 2.29. The van der Waals surface area contributed by atoms with Crippen LogP contribution in [-0.2, 0) is 6.42 Å². The highest BCUT2D eigenvalue weighted by atomic mass is 32.1. The number of benzene rings is 1. The standard InChI is InChI=1S/C16H15N3O2S2/c1-11-4-5-12(9-15(11)19(20)21)14-10-23-16(18-14)17-7-6-13-3-2-8-22-13/h2-5,8-10H,6-7H2,1H3,(H,17,18). The second-order valence-electron chi connectivity index (χ2n) is 5.05. The molecule has 0 aliphatic carbocycles. The Kier molecular flexibility index (Phi) is 4.68. The van der Waals surface area contributed by atoms with Gasteiger partial charge in [0.2, 0.25) is 0 Å². The third-order valence-electron chi connectivity index (χ3n) is 3.43. The first-order valence-corrected chi connectivity index (χ1v) is 8.86. The van der Waals surface area contributed by atoms with Gasteiger partial charge in [-0.3, -0.25) is 10.1 Å². The van der Waals surface area contributed by atoms with Crippen LogP contribution < -0.4 is 5.32 Å². The summed E-state index contributed by atoms with van der Waals surface area (Å²) in [4.78, 5) is 16.5. The Labute approximate surface area is 141 Å². The van der Waals surface area contributed by atoms with E-state index in [1.807, 2.05) is 17.5 Å². The van der Waals surface area contributed by atoms with E-state index in [9.17, 15) is 10.1 Å². The lowest BCUT2D eigenvalue weighted by atomic mass is 10.1. The number of aryl methyl sites for hydroxylation is 1. The summed E-state index contributed by atoms with van der Waals surface area (Å²) in [6.07, 6.45) is 0.961. The van der Waals surface area contributed by atoms with Crippen molar-refractivity contribution in [3.05, 3.63) is 61.6 Å². The summed E-state index contributed by atoms with van der Waals surface area (Å²) in [6, 6.07) is 9.38. The van der Waals surface area contributed by atoms with Crippen LogP contribution in [0.4, 0.5) is 10.8 Å². The van der Waals surface area contributed by atoms with Crippen LogP contribution in [-0.4, -0.2) is 16.5 Å². The Morgan fingerprint density at radius 2 is 2.17 bits per heavy atom. The van der Waals surface area contributed by atoms with Gasteiger partial charge in [0.05, 0.1) is 10.6 Å². The third kappa shape index (κ3) is 3.75. The van der Waals surface area contributed by atoms with Crippen molar-refractivity contribution in [2.24, 2.45) is 0 Å². The van der Waals surface area contributed by atoms with Gasteiger partial charge in [-0.25, -0.2) is 4.98 Å². The minimum Gasteiger partial charge on any atom is -0.361 e. The maximum absolute atomic E-state index is 11.0. The number of thiazole rings is 1. The average molecular weight is 345 g/mol. The summed E-state index contributed by atoms with van der Waals surface area (Å²) < 4.78 is 0. The largest absolute Gasteiger partial charge is 0.361 e.